The number of rotatable bonds is 2. The van der Waals surface area contributed by atoms with Gasteiger partial charge in [0.05, 0.1) is 0 Å². The van der Waals surface area contributed by atoms with Gasteiger partial charge in [0.15, 0.2) is 0 Å². The van der Waals surface area contributed by atoms with Crippen molar-refractivity contribution in [3.05, 3.63) is 29.6 Å². The minimum atomic E-state index is 0.103. The van der Waals surface area contributed by atoms with E-state index < -0.39 is 0 Å². The number of pyridine rings is 1. The molecule has 1 aliphatic heterocycles. The second kappa shape index (κ2) is 5.48. The zero-order valence-electron chi connectivity index (χ0n) is 11.1. The van der Waals surface area contributed by atoms with E-state index in [0.717, 1.165) is 37.2 Å². The number of amides is 1. The lowest BCUT2D eigenvalue weighted by Crippen LogP contribution is -2.49. The maximum absolute atomic E-state index is 12.4. The maximum Gasteiger partial charge on any atom is 0.253 e. The Bertz CT molecular complexity index is 433. The zero-order chi connectivity index (χ0) is 13.1. The van der Waals surface area contributed by atoms with Crippen molar-refractivity contribution in [1.29, 1.82) is 0 Å². The van der Waals surface area contributed by atoms with E-state index in [1.54, 1.807) is 12.3 Å². The Balaban J connectivity index is 2.10. The number of carbonyl (C=O) groups excluding carboxylic acids is 1. The number of aryl methyl sites for hydroxylation is 1. The first kappa shape index (κ1) is 13.0. The van der Waals surface area contributed by atoms with Crippen LogP contribution in [0.1, 0.15) is 35.8 Å². The quantitative estimate of drug-likeness (QED) is 0.863. The summed E-state index contributed by atoms with van der Waals surface area (Å²) in [4.78, 5) is 18.4. The molecule has 0 saturated carbocycles. The molecule has 1 amide bonds. The van der Waals surface area contributed by atoms with E-state index in [1.165, 1.54) is 0 Å². The molecule has 0 aliphatic carbocycles. The Hall–Kier alpha value is -1.42. The number of aromatic nitrogens is 1. The molecule has 98 valence electrons. The number of carbonyl (C=O) groups is 1. The van der Waals surface area contributed by atoms with Gasteiger partial charge in [-0.15, -0.1) is 0 Å². The SMILES string of the molecule is CCC1CN(C(=O)c2ccnc(C)c2)CCC1N. The first-order chi connectivity index (χ1) is 8.61. The van der Waals surface area contributed by atoms with Crippen LogP contribution in [0.5, 0.6) is 0 Å². The molecule has 2 heterocycles. The summed E-state index contributed by atoms with van der Waals surface area (Å²) in [6.45, 7) is 5.57. The van der Waals surface area contributed by atoms with E-state index in [9.17, 15) is 4.79 Å². The summed E-state index contributed by atoms with van der Waals surface area (Å²) in [5, 5.41) is 0. The number of likely N-dealkylation sites (tertiary alicyclic amines) is 1. The van der Waals surface area contributed by atoms with Gasteiger partial charge in [-0.25, -0.2) is 0 Å². The average Bonchev–Trinajstić information content (AvgIpc) is 2.38. The van der Waals surface area contributed by atoms with Crippen molar-refractivity contribution >= 4 is 5.91 Å². The van der Waals surface area contributed by atoms with E-state index in [2.05, 4.69) is 11.9 Å². The second-order valence-electron chi connectivity index (χ2n) is 5.06. The summed E-state index contributed by atoms with van der Waals surface area (Å²) in [5.74, 6) is 0.525. The van der Waals surface area contributed by atoms with Gasteiger partial charge in [-0.2, -0.15) is 0 Å². The van der Waals surface area contributed by atoms with Crippen molar-refractivity contribution < 1.29 is 4.79 Å². The first-order valence-corrected chi connectivity index (χ1v) is 6.59. The van der Waals surface area contributed by atoms with Gasteiger partial charge in [-0.05, 0) is 31.4 Å². The highest BCUT2D eigenvalue weighted by molar-refractivity contribution is 5.94. The minimum Gasteiger partial charge on any atom is -0.338 e. The van der Waals surface area contributed by atoms with Crippen LogP contribution in [0.25, 0.3) is 0 Å². The number of piperidine rings is 1. The molecule has 4 heteroatoms. The van der Waals surface area contributed by atoms with Crippen LogP contribution in [0.4, 0.5) is 0 Å². The maximum atomic E-state index is 12.4. The Kier molecular flexibility index (Phi) is 3.97. The summed E-state index contributed by atoms with van der Waals surface area (Å²) in [5.41, 5.74) is 7.67. The Labute approximate surface area is 108 Å². The Morgan fingerprint density at radius 2 is 2.39 bits per heavy atom. The van der Waals surface area contributed by atoms with Crippen LogP contribution in [0, 0.1) is 12.8 Å². The van der Waals surface area contributed by atoms with Gasteiger partial charge < -0.3 is 10.6 Å². The summed E-state index contributed by atoms with van der Waals surface area (Å²) in [7, 11) is 0. The van der Waals surface area contributed by atoms with Gasteiger partial charge in [0.1, 0.15) is 0 Å². The molecule has 4 nitrogen and oxygen atoms in total. The standard InChI is InChI=1S/C14H21N3O/c1-3-11-9-17(7-5-13(11)15)14(18)12-4-6-16-10(2)8-12/h4,6,8,11,13H,3,5,7,9,15H2,1-2H3. The lowest BCUT2D eigenvalue weighted by atomic mass is 9.90. The van der Waals surface area contributed by atoms with E-state index >= 15 is 0 Å². The third-order valence-electron chi connectivity index (χ3n) is 3.75. The molecule has 0 aromatic carbocycles. The topological polar surface area (TPSA) is 59.2 Å². The summed E-state index contributed by atoms with van der Waals surface area (Å²) >= 11 is 0. The molecule has 0 bridgehead atoms. The van der Waals surface area contributed by atoms with E-state index in [-0.39, 0.29) is 11.9 Å². The van der Waals surface area contributed by atoms with Crippen LogP contribution in [0.3, 0.4) is 0 Å². The van der Waals surface area contributed by atoms with E-state index in [4.69, 9.17) is 5.73 Å². The summed E-state index contributed by atoms with van der Waals surface area (Å²) in [6.07, 6.45) is 3.62. The smallest absolute Gasteiger partial charge is 0.253 e. The van der Waals surface area contributed by atoms with Crippen molar-refractivity contribution in [1.82, 2.24) is 9.88 Å². The molecule has 2 rings (SSSR count). The average molecular weight is 247 g/mol. The number of nitrogens with zero attached hydrogens (tertiary/aromatic N) is 2. The highest BCUT2D eigenvalue weighted by Gasteiger charge is 2.28. The summed E-state index contributed by atoms with van der Waals surface area (Å²) in [6, 6.07) is 3.86. The molecular formula is C14H21N3O. The van der Waals surface area contributed by atoms with Gasteiger partial charge in [0.2, 0.25) is 0 Å². The Morgan fingerprint density at radius 1 is 1.61 bits per heavy atom. The normalized spacial score (nSPS) is 24.1. The van der Waals surface area contributed by atoms with Crippen LogP contribution >= 0.6 is 0 Å². The van der Waals surface area contributed by atoms with Crippen molar-refractivity contribution in [3.63, 3.8) is 0 Å². The van der Waals surface area contributed by atoms with Crippen molar-refractivity contribution in [2.75, 3.05) is 13.1 Å². The molecule has 1 fully saturated rings. The molecule has 1 aromatic rings. The predicted molar refractivity (Wildman–Crippen MR) is 71.3 cm³/mol. The van der Waals surface area contributed by atoms with E-state index in [0.29, 0.717) is 5.92 Å². The predicted octanol–water partition coefficient (Wildman–Crippen LogP) is 1.59. The summed E-state index contributed by atoms with van der Waals surface area (Å²) < 4.78 is 0. The highest BCUT2D eigenvalue weighted by atomic mass is 16.2. The third kappa shape index (κ3) is 2.70. The van der Waals surface area contributed by atoms with Gasteiger partial charge in [0.25, 0.3) is 5.91 Å². The molecule has 18 heavy (non-hydrogen) atoms. The van der Waals surface area contributed by atoms with E-state index in [1.807, 2.05) is 17.9 Å². The van der Waals surface area contributed by atoms with Gasteiger partial charge >= 0.3 is 0 Å². The highest BCUT2D eigenvalue weighted by Crippen LogP contribution is 2.20. The van der Waals surface area contributed by atoms with Crippen LogP contribution in [-0.4, -0.2) is 34.9 Å². The fraction of sp³-hybridized carbons (Fsp3) is 0.571. The molecule has 0 spiro atoms. The van der Waals surface area contributed by atoms with Gasteiger partial charge in [-0.1, -0.05) is 13.3 Å². The number of nitrogens with two attached hydrogens (primary N) is 1. The van der Waals surface area contributed by atoms with Crippen LogP contribution in [0.15, 0.2) is 18.3 Å². The molecule has 1 saturated heterocycles. The number of hydrogen-bond donors (Lipinski definition) is 1. The monoisotopic (exact) mass is 247 g/mol. The molecule has 2 unspecified atom stereocenters. The molecule has 2 atom stereocenters. The van der Waals surface area contributed by atoms with Gasteiger partial charge in [-0.3, -0.25) is 9.78 Å². The lowest BCUT2D eigenvalue weighted by molar-refractivity contribution is 0.0649. The largest absolute Gasteiger partial charge is 0.338 e. The fourth-order valence-corrected chi connectivity index (χ4v) is 2.53. The minimum absolute atomic E-state index is 0.103. The van der Waals surface area contributed by atoms with Crippen LogP contribution < -0.4 is 5.73 Å². The van der Waals surface area contributed by atoms with Crippen LogP contribution in [0.2, 0.25) is 0 Å². The lowest BCUT2D eigenvalue weighted by Gasteiger charge is -2.36. The second-order valence-corrected chi connectivity index (χ2v) is 5.06. The van der Waals surface area contributed by atoms with Gasteiger partial charge in [0, 0.05) is 36.6 Å². The zero-order valence-corrected chi connectivity index (χ0v) is 11.1. The molecule has 1 aromatic heterocycles. The van der Waals surface area contributed by atoms with Crippen LogP contribution in [-0.2, 0) is 0 Å². The van der Waals surface area contributed by atoms with Crippen molar-refractivity contribution in [2.24, 2.45) is 11.7 Å². The molecule has 0 radical (unpaired) electrons. The molecule has 1 aliphatic rings. The molecular weight excluding hydrogens is 226 g/mol. The molecule has 2 N–H and O–H groups in total. The van der Waals surface area contributed by atoms with Crippen molar-refractivity contribution in [2.45, 2.75) is 32.7 Å². The first-order valence-electron chi connectivity index (χ1n) is 6.59. The Morgan fingerprint density at radius 3 is 3.06 bits per heavy atom. The number of hydrogen-bond acceptors (Lipinski definition) is 3. The van der Waals surface area contributed by atoms with Crippen molar-refractivity contribution in [3.8, 4) is 0 Å². The fourth-order valence-electron chi connectivity index (χ4n) is 2.53. The third-order valence-corrected chi connectivity index (χ3v) is 3.75.